The number of aliphatic hydroxyl groups excluding tert-OH is 1. The summed E-state index contributed by atoms with van der Waals surface area (Å²) in [6.07, 6.45) is 1.85. The lowest BCUT2D eigenvalue weighted by Gasteiger charge is -2.29. The second-order valence-electron chi connectivity index (χ2n) is 5.77. The number of carbonyl (C=O) groups is 2. The molecule has 0 amide bonds. The zero-order chi connectivity index (χ0) is 15.8. The van der Waals surface area contributed by atoms with Crippen LogP contribution in [0.3, 0.4) is 0 Å². The fourth-order valence-corrected chi connectivity index (χ4v) is 1.71. The normalized spacial score (nSPS) is 15.1. The molecule has 0 rings (SSSR count). The Kier molecular flexibility index (Phi) is 8.10. The first-order valence-electron chi connectivity index (χ1n) is 6.68. The Labute approximate surface area is 120 Å². The highest BCUT2D eigenvalue weighted by Gasteiger charge is 2.23. The Hall–Kier alpha value is -1.40. The van der Waals surface area contributed by atoms with Gasteiger partial charge in [-0.3, -0.25) is 4.79 Å². The van der Waals surface area contributed by atoms with Crippen molar-refractivity contribution in [2.24, 2.45) is 0 Å². The summed E-state index contributed by atoms with van der Waals surface area (Å²) in [5, 5.41) is 20.2. The van der Waals surface area contributed by atoms with E-state index in [-0.39, 0.29) is 12.8 Å². The van der Waals surface area contributed by atoms with Crippen LogP contribution in [0, 0.1) is 0 Å². The van der Waals surface area contributed by atoms with Crippen molar-refractivity contribution in [1.29, 1.82) is 0 Å². The molecule has 0 aliphatic rings. The van der Waals surface area contributed by atoms with Gasteiger partial charge in [-0.05, 0) is 6.42 Å². The molecule has 2 atom stereocenters. The highest BCUT2D eigenvalue weighted by molar-refractivity contribution is 5.71. The van der Waals surface area contributed by atoms with Gasteiger partial charge in [0, 0.05) is 12.4 Å². The maximum absolute atomic E-state index is 11.7. The molecule has 6 nitrogen and oxygen atoms in total. The summed E-state index contributed by atoms with van der Waals surface area (Å²) in [6.45, 7) is 2.28. The molecule has 0 saturated carbocycles. The van der Waals surface area contributed by atoms with Gasteiger partial charge in [0.15, 0.2) is 6.10 Å². The van der Waals surface area contributed by atoms with Crippen LogP contribution in [0.4, 0.5) is 0 Å². The standard InChI is InChI=1S/C14H25NO5/c1-5-6-7-11(16)8-14(19)20-12(9-13(17)18)10-15(2,3)4/h6-7,11-12,16H,5,8-10H2,1-4H3/b7-6+. The van der Waals surface area contributed by atoms with E-state index < -0.39 is 24.1 Å². The van der Waals surface area contributed by atoms with Gasteiger partial charge in [0.05, 0.1) is 33.7 Å². The van der Waals surface area contributed by atoms with Crippen molar-refractivity contribution in [2.45, 2.75) is 38.4 Å². The Morgan fingerprint density at radius 3 is 2.35 bits per heavy atom. The van der Waals surface area contributed by atoms with Crippen LogP contribution >= 0.6 is 0 Å². The number of allylic oxidation sites excluding steroid dienone is 1. The van der Waals surface area contributed by atoms with Crippen LogP contribution < -0.4 is 5.11 Å². The fraction of sp³-hybridized carbons (Fsp3) is 0.714. The summed E-state index contributed by atoms with van der Waals surface area (Å²) in [5.74, 6) is -1.87. The molecule has 0 aliphatic carbocycles. The van der Waals surface area contributed by atoms with Gasteiger partial charge in [-0.2, -0.15) is 0 Å². The molecule has 116 valence electrons. The lowest BCUT2D eigenvalue weighted by molar-refractivity contribution is -0.873. The summed E-state index contributed by atoms with van der Waals surface area (Å²) in [7, 11) is 5.61. The Bertz CT molecular complexity index is 346. The van der Waals surface area contributed by atoms with Crippen LogP contribution in [0.1, 0.15) is 26.2 Å². The quantitative estimate of drug-likeness (QED) is 0.350. The van der Waals surface area contributed by atoms with Crippen molar-refractivity contribution >= 4 is 11.9 Å². The minimum atomic E-state index is -1.26. The minimum absolute atomic E-state index is 0.183. The molecular formula is C14H25NO5. The van der Waals surface area contributed by atoms with Crippen molar-refractivity contribution in [2.75, 3.05) is 27.7 Å². The number of rotatable bonds is 9. The summed E-state index contributed by atoms with van der Waals surface area (Å²) in [4.78, 5) is 22.3. The number of esters is 1. The number of aliphatic carboxylic acids is 1. The predicted octanol–water partition coefficient (Wildman–Crippen LogP) is -0.538. The van der Waals surface area contributed by atoms with Crippen LogP contribution in [-0.2, 0) is 14.3 Å². The molecule has 0 heterocycles. The van der Waals surface area contributed by atoms with Gasteiger partial charge in [0.25, 0.3) is 0 Å². The number of quaternary nitrogens is 1. The van der Waals surface area contributed by atoms with Gasteiger partial charge in [-0.15, -0.1) is 0 Å². The van der Waals surface area contributed by atoms with Crippen molar-refractivity contribution in [1.82, 2.24) is 0 Å². The first-order chi connectivity index (χ1) is 9.14. The van der Waals surface area contributed by atoms with Gasteiger partial charge in [-0.1, -0.05) is 19.1 Å². The number of ether oxygens (including phenoxy) is 1. The average molecular weight is 287 g/mol. The Morgan fingerprint density at radius 2 is 1.90 bits per heavy atom. The first kappa shape index (κ1) is 18.6. The molecule has 0 spiro atoms. The number of carbonyl (C=O) groups excluding carboxylic acids is 2. The second kappa shape index (κ2) is 8.71. The third-order valence-electron chi connectivity index (χ3n) is 2.41. The van der Waals surface area contributed by atoms with Gasteiger partial charge in [0.2, 0.25) is 0 Å². The summed E-state index contributed by atoms with van der Waals surface area (Å²) < 4.78 is 5.58. The molecule has 2 unspecified atom stereocenters. The topological polar surface area (TPSA) is 86.7 Å². The van der Waals surface area contributed by atoms with E-state index in [1.807, 2.05) is 28.1 Å². The minimum Gasteiger partial charge on any atom is -0.550 e. The summed E-state index contributed by atoms with van der Waals surface area (Å²) in [5.41, 5.74) is 0. The van der Waals surface area contributed by atoms with Gasteiger partial charge < -0.3 is 24.2 Å². The van der Waals surface area contributed by atoms with E-state index >= 15 is 0 Å². The number of hydrogen-bond acceptors (Lipinski definition) is 5. The number of likely N-dealkylation sites (N-methyl/N-ethyl adjacent to an activating group) is 1. The average Bonchev–Trinajstić information content (AvgIpc) is 2.22. The molecule has 0 aromatic heterocycles. The summed E-state index contributed by atoms with van der Waals surface area (Å²) >= 11 is 0. The van der Waals surface area contributed by atoms with Crippen LogP contribution in [-0.4, -0.2) is 61.4 Å². The molecule has 0 aromatic carbocycles. The Balaban J connectivity index is 4.45. The van der Waals surface area contributed by atoms with Crippen molar-refractivity contribution in [3.8, 4) is 0 Å². The highest BCUT2D eigenvalue weighted by atomic mass is 16.5. The number of nitrogens with zero attached hydrogens (tertiary/aromatic N) is 1. The van der Waals surface area contributed by atoms with Crippen molar-refractivity contribution in [3.05, 3.63) is 12.2 Å². The Morgan fingerprint density at radius 1 is 1.30 bits per heavy atom. The first-order valence-corrected chi connectivity index (χ1v) is 6.68. The maximum Gasteiger partial charge on any atom is 0.309 e. The fourth-order valence-electron chi connectivity index (χ4n) is 1.71. The monoisotopic (exact) mass is 287 g/mol. The van der Waals surface area contributed by atoms with E-state index in [1.165, 1.54) is 6.08 Å². The van der Waals surface area contributed by atoms with E-state index in [0.717, 1.165) is 6.42 Å². The van der Waals surface area contributed by atoms with Crippen LogP contribution in [0.2, 0.25) is 0 Å². The lowest BCUT2D eigenvalue weighted by Crippen LogP contribution is -2.45. The third kappa shape index (κ3) is 10.5. The third-order valence-corrected chi connectivity index (χ3v) is 2.41. The van der Waals surface area contributed by atoms with E-state index in [4.69, 9.17) is 4.74 Å². The van der Waals surface area contributed by atoms with Gasteiger partial charge in [-0.25, -0.2) is 0 Å². The highest BCUT2D eigenvalue weighted by Crippen LogP contribution is 2.07. The molecule has 0 aromatic rings. The van der Waals surface area contributed by atoms with E-state index in [9.17, 15) is 19.8 Å². The molecule has 0 radical (unpaired) electrons. The lowest BCUT2D eigenvalue weighted by atomic mass is 10.2. The predicted molar refractivity (Wildman–Crippen MR) is 72.5 cm³/mol. The molecule has 0 fully saturated rings. The molecule has 0 aliphatic heterocycles. The van der Waals surface area contributed by atoms with Crippen LogP contribution in [0.5, 0.6) is 0 Å². The zero-order valence-corrected chi connectivity index (χ0v) is 12.7. The zero-order valence-electron chi connectivity index (χ0n) is 12.7. The van der Waals surface area contributed by atoms with E-state index in [2.05, 4.69) is 0 Å². The van der Waals surface area contributed by atoms with Crippen molar-refractivity contribution < 1.29 is 29.0 Å². The van der Waals surface area contributed by atoms with Gasteiger partial charge in [0.1, 0.15) is 6.54 Å². The largest absolute Gasteiger partial charge is 0.550 e. The smallest absolute Gasteiger partial charge is 0.309 e. The van der Waals surface area contributed by atoms with Crippen molar-refractivity contribution in [3.63, 3.8) is 0 Å². The van der Waals surface area contributed by atoms with E-state index in [1.54, 1.807) is 6.08 Å². The molecular weight excluding hydrogens is 262 g/mol. The number of aliphatic hydroxyl groups is 1. The molecule has 6 heteroatoms. The molecule has 0 saturated heterocycles. The molecule has 0 bridgehead atoms. The summed E-state index contributed by atoms with van der Waals surface area (Å²) in [6, 6.07) is 0. The number of carboxylic acids is 1. The van der Waals surface area contributed by atoms with Crippen LogP contribution in [0.25, 0.3) is 0 Å². The molecule has 20 heavy (non-hydrogen) atoms. The van der Waals surface area contributed by atoms with Crippen LogP contribution in [0.15, 0.2) is 12.2 Å². The molecule has 1 N–H and O–H groups in total. The maximum atomic E-state index is 11.7. The van der Waals surface area contributed by atoms with Gasteiger partial charge >= 0.3 is 5.97 Å². The van der Waals surface area contributed by atoms with E-state index in [0.29, 0.717) is 11.0 Å². The number of carboxylic acid groups (broad SMARTS) is 1. The SMILES string of the molecule is CC/C=C/C(O)CC(=O)OC(CC(=O)[O-])C[N+](C)(C)C. The second-order valence-corrected chi connectivity index (χ2v) is 5.77. The number of hydrogen-bond donors (Lipinski definition) is 1.